The van der Waals surface area contributed by atoms with Crippen LogP contribution in [0, 0.1) is 35.1 Å². The van der Waals surface area contributed by atoms with Gasteiger partial charge in [0.15, 0.2) is 34.8 Å². The molecule has 47 heavy (non-hydrogen) atoms. The number of aromatic nitrogens is 1. The zero-order valence-corrected chi connectivity index (χ0v) is 26.4. The van der Waals surface area contributed by atoms with Gasteiger partial charge >= 0.3 is 5.97 Å². The van der Waals surface area contributed by atoms with Gasteiger partial charge in [0.25, 0.3) is 0 Å². The van der Waals surface area contributed by atoms with Crippen molar-refractivity contribution in [1.82, 2.24) is 10.3 Å². The summed E-state index contributed by atoms with van der Waals surface area (Å²) in [6.45, 7) is 5.69. The lowest BCUT2D eigenvalue weighted by atomic mass is 9.69. The van der Waals surface area contributed by atoms with E-state index in [0.717, 1.165) is 40.7 Å². The monoisotopic (exact) mass is 648 g/mol. The number of aromatic amines is 1. The Morgan fingerprint density at radius 1 is 0.809 bits per heavy atom. The molecule has 0 fully saturated rings. The minimum Gasteiger partial charge on any atom is -0.462 e. The van der Waals surface area contributed by atoms with Crippen molar-refractivity contribution in [2.24, 2.45) is 11.8 Å². The molecule has 1 aliphatic rings. The van der Waals surface area contributed by atoms with Gasteiger partial charge in [0, 0.05) is 52.0 Å². The second-order valence-electron chi connectivity index (χ2n) is 12.2. The van der Waals surface area contributed by atoms with Gasteiger partial charge in [0.1, 0.15) is 0 Å². The molecule has 4 aromatic rings. The summed E-state index contributed by atoms with van der Waals surface area (Å²) in [5.41, 5.74) is 1.87. The van der Waals surface area contributed by atoms with Crippen LogP contribution in [0.1, 0.15) is 78.4 Å². The Hall–Kier alpha value is -4.73. The van der Waals surface area contributed by atoms with Gasteiger partial charge in [-0.25, -0.2) is 22.4 Å². The fraction of sp³-hybridized carbons (Fsp3) is 0.324. The number of hydrogen-bond acceptors (Lipinski definition) is 5. The topological polar surface area (TPSA) is 88.3 Å². The molecular weight excluding hydrogens is 612 g/mol. The number of nitrogens with one attached hydrogen (secondary N) is 2. The molecule has 0 aliphatic carbocycles. The lowest BCUT2D eigenvalue weighted by Gasteiger charge is -2.36. The van der Waals surface area contributed by atoms with Crippen LogP contribution in [0.3, 0.4) is 0 Å². The molecule has 2 atom stereocenters. The first-order chi connectivity index (χ1) is 22.5. The van der Waals surface area contributed by atoms with Crippen LogP contribution < -0.4 is 5.32 Å². The van der Waals surface area contributed by atoms with Gasteiger partial charge < -0.3 is 15.0 Å². The number of ether oxygens (including phenoxy) is 1. The van der Waals surface area contributed by atoms with Gasteiger partial charge in [-0.15, -0.1) is 0 Å². The molecule has 6 nitrogen and oxygen atoms in total. The average Bonchev–Trinajstić information content (AvgIpc) is 3.37. The zero-order valence-electron chi connectivity index (χ0n) is 26.4. The molecule has 0 bridgehead atoms. The van der Waals surface area contributed by atoms with E-state index in [2.05, 4.69) is 10.3 Å². The fourth-order valence-electron chi connectivity index (χ4n) is 6.44. The Bertz CT molecular complexity index is 1790. The standard InChI is InChI=1S/C37H36F4N2O4/c1-4-47-36(46)26-19-42-20-37(32-25-7-5-6-8-31(25)43-33(26)32,15-13-21(2)34(44)23-9-11-27(38)29(40)17-23)16-14-22(3)35(45)24-10-12-28(39)30(41)18-24/h5-12,17-19,21-22,42-43H,4,13-16,20H2,1-3H3. The summed E-state index contributed by atoms with van der Waals surface area (Å²) in [4.78, 5) is 43.3. The zero-order chi connectivity index (χ0) is 33.9. The third-order valence-electron chi connectivity index (χ3n) is 9.10. The van der Waals surface area contributed by atoms with Crippen molar-refractivity contribution < 1.29 is 36.7 Å². The van der Waals surface area contributed by atoms with Gasteiger partial charge in [-0.05, 0) is 80.6 Å². The second-order valence-corrected chi connectivity index (χ2v) is 12.2. The number of esters is 1. The predicted molar refractivity (Wildman–Crippen MR) is 171 cm³/mol. The van der Waals surface area contributed by atoms with Crippen LogP contribution in [0.15, 0.2) is 66.9 Å². The summed E-state index contributed by atoms with van der Waals surface area (Å²) >= 11 is 0. The highest BCUT2D eigenvalue weighted by Gasteiger charge is 2.41. The van der Waals surface area contributed by atoms with Crippen LogP contribution in [0.2, 0.25) is 0 Å². The average molecular weight is 649 g/mol. The Balaban J connectivity index is 1.53. The van der Waals surface area contributed by atoms with E-state index in [0.29, 0.717) is 43.5 Å². The Kier molecular flexibility index (Phi) is 9.98. The minimum absolute atomic E-state index is 0.0641. The molecule has 1 aliphatic heterocycles. The number of ketones is 2. The fourth-order valence-corrected chi connectivity index (χ4v) is 6.44. The molecule has 3 aromatic carbocycles. The van der Waals surface area contributed by atoms with E-state index in [1.165, 1.54) is 12.1 Å². The molecule has 0 amide bonds. The number of rotatable bonds is 12. The van der Waals surface area contributed by atoms with E-state index >= 15 is 0 Å². The molecule has 0 saturated carbocycles. The smallest absolute Gasteiger partial charge is 0.341 e. The van der Waals surface area contributed by atoms with E-state index < -0.39 is 46.5 Å². The minimum atomic E-state index is -1.10. The molecule has 1 aromatic heterocycles. The molecule has 2 unspecified atom stereocenters. The van der Waals surface area contributed by atoms with Gasteiger partial charge in [-0.1, -0.05) is 32.0 Å². The van der Waals surface area contributed by atoms with Crippen LogP contribution in [0.5, 0.6) is 0 Å². The Morgan fingerprint density at radius 3 is 1.89 bits per heavy atom. The Morgan fingerprint density at radius 2 is 1.36 bits per heavy atom. The van der Waals surface area contributed by atoms with Crippen molar-refractivity contribution in [3.8, 4) is 0 Å². The number of fused-ring (bicyclic) bond motifs is 3. The highest BCUT2D eigenvalue weighted by molar-refractivity contribution is 6.18. The number of H-pyrrole nitrogens is 1. The van der Waals surface area contributed by atoms with Gasteiger partial charge in [-0.3, -0.25) is 9.59 Å². The molecule has 2 N–H and O–H groups in total. The number of hydrogen-bond donors (Lipinski definition) is 2. The van der Waals surface area contributed by atoms with Gasteiger partial charge in [0.05, 0.1) is 17.9 Å². The number of Topliss-reactive ketones (excluding diaryl/α,β-unsaturated/α-hetero) is 2. The SMILES string of the molecule is CCOC(=O)C1=CNCC(CCC(C)C(=O)c2ccc(F)c(F)c2)(CCC(C)C(=O)c2ccc(F)c(F)c2)c2c1[nH]c1ccccc21. The van der Waals surface area contributed by atoms with Crippen LogP contribution in [0.4, 0.5) is 17.6 Å². The number of carbonyl (C=O) groups excluding carboxylic acids is 3. The van der Waals surface area contributed by atoms with E-state index in [1.54, 1.807) is 27.0 Å². The normalized spacial score (nSPS) is 17.2. The number of para-hydroxylation sites is 1. The third-order valence-corrected chi connectivity index (χ3v) is 9.10. The first kappa shape index (κ1) is 33.6. The van der Waals surface area contributed by atoms with Crippen LogP contribution in [-0.4, -0.2) is 35.7 Å². The van der Waals surface area contributed by atoms with Crippen LogP contribution in [0.25, 0.3) is 16.5 Å². The highest BCUT2D eigenvalue weighted by atomic mass is 19.2. The van der Waals surface area contributed by atoms with Gasteiger partial charge in [0.2, 0.25) is 0 Å². The Labute approximate surface area is 270 Å². The summed E-state index contributed by atoms with van der Waals surface area (Å²) < 4.78 is 60.5. The van der Waals surface area contributed by atoms with E-state index in [1.807, 2.05) is 24.3 Å². The summed E-state index contributed by atoms with van der Waals surface area (Å²) in [6.07, 6.45) is 3.14. The summed E-state index contributed by atoms with van der Waals surface area (Å²) in [6, 6.07) is 13.8. The van der Waals surface area contributed by atoms with Crippen LogP contribution >= 0.6 is 0 Å². The summed E-state index contributed by atoms with van der Waals surface area (Å²) in [5.74, 6) is -6.64. The first-order valence-corrected chi connectivity index (χ1v) is 15.7. The van der Waals surface area contributed by atoms with E-state index in [-0.39, 0.29) is 29.3 Å². The highest BCUT2D eigenvalue weighted by Crippen LogP contribution is 2.45. The van der Waals surface area contributed by atoms with Crippen molar-refractivity contribution in [1.29, 1.82) is 0 Å². The summed E-state index contributed by atoms with van der Waals surface area (Å²) in [5, 5.41) is 4.15. The van der Waals surface area contributed by atoms with Crippen molar-refractivity contribution in [2.75, 3.05) is 13.2 Å². The quantitative estimate of drug-likeness (QED) is 0.0922. The molecule has 0 radical (unpaired) electrons. The lowest BCUT2D eigenvalue weighted by molar-refractivity contribution is -0.136. The van der Waals surface area contributed by atoms with Crippen molar-refractivity contribution in [3.63, 3.8) is 0 Å². The number of carbonyl (C=O) groups is 3. The predicted octanol–water partition coefficient (Wildman–Crippen LogP) is 8.07. The molecule has 0 spiro atoms. The summed E-state index contributed by atoms with van der Waals surface area (Å²) in [7, 11) is 0. The van der Waals surface area contributed by atoms with Crippen molar-refractivity contribution in [3.05, 3.63) is 113 Å². The maximum atomic E-state index is 14.0. The molecule has 10 heteroatoms. The number of halogens is 4. The molecule has 5 rings (SSSR count). The first-order valence-electron chi connectivity index (χ1n) is 15.7. The molecule has 2 heterocycles. The van der Waals surface area contributed by atoms with Crippen molar-refractivity contribution in [2.45, 2.75) is 51.9 Å². The second kappa shape index (κ2) is 13.9. The third kappa shape index (κ3) is 6.87. The maximum absolute atomic E-state index is 14.0. The van der Waals surface area contributed by atoms with E-state index in [9.17, 15) is 31.9 Å². The molecule has 246 valence electrons. The van der Waals surface area contributed by atoms with E-state index in [4.69, 9.17) is 4.74 Å². The molecule has 0 saturated heterocycles. The van der Waals surface area contributed by atoms with Crippen LogP contribution in [-0.2, 0) is 14.9 Å². The lowest BCUT2D eigenvalue weighted by Crippen LogP contribution is -2.37. The number of benzene rings is 3. The molecular formula is C37H36F4N2O4. The van der Waals surface area contributed by atoms with Crippen molar-refractivity contribution >= 4 is 34.0 Å². The van der Waals surface area contributed by atoms with Gasteiger partial charge in [-0.2, -0.15) is 0 Å². The largest absolute Gasteiger partial charge is 0.462 e. The maximum Gasteiger partial charge on any atom is 0.341 e.